The number of halogens is 2. The number of benzene rings is 1. The summed E-state index contributed by atoms with van der Waals surface area (Å²) in [6, 6.07) is 8.69. The zero-order valence-corrected chi connectivity index (χ0v) is 13.2. The predicted octanol–water partition coefficient (Wildman–Crippen LogP) is 4.26. The minimum absolute atomic E-state index is 0.174. The number of thiophene rings is 1. The largest absolute Gasteiger partial charge is 0.397 e. The fraction of sp³-hybridized carbons (Fsp3) is 0.312. The minimum Gasteiger partial charge on any atom is -0.397 e. The summed E-state index contributed by atoms with van der Waals surface area (Å²) in [7, 11) is 0. The summed E-state index contributed by atoms with van der Waals surface area (Å²) < 4.78 is 26.9. The van der Waals surface area contributed by atoms with Crippen LogP contribution in [0.5, 0.6) is 0 Å². The molecule has 2 amide bonds. The van der Waals surface area contributed by atoms with Crippen LogP contribution >= 0.6 is 11.3 Å². The maximum atomic E-state index is 13.4. The first kappa shape index (κ1) is 15.7. The Bertz CT molecular complexity index is 703. The number of piperidine rings is 1. The van der Waals surface area contributed by atoms with Gasteiger partial charge in [-0.05, 0) is 35.6 Å². The molecule has 0 atom stereocenters. The Hall–Kier alpha value is -2.15. The van der Waals surface area contributed by atoms with Crippen LogP contribution < -0.4 is 11.1 Å². The lowest BCUT2D eigenvalue weighted by Gasteiger charge is -2.32. The quantitative estimate of drug-likeness (QED) is 0.805. The first-order valence-electron chi connectivity index (χ1n) is 7.32. The SMILES string of the molecule is Nc1ccc(-c2cccs2)cc1NC(=O)N1CCCC(F)(F)C1. The van der Waals surface area contributed by atoms with E-state index in [0.717, 1.165) is 15.3 Å². The number of rotatable bonds is 2. The molecule has 3 rings (SSSR count). The molecule has 23 heavy (non-hydrogen) atoms. The van der Waals surface area contributed by atoms with Crippen molar-refractivity contribution in [1.82, 2.24) is 4.90 Å². The lowest BCUT2D eigenvalue weighted by molar-refractivity contribution is -0.0510. The van der Waals surface area contributed by atoms with Crippen molar-refractivity contribution in [3.05, 3.63) is 35.7 Å². The van der Waals surface area contributed by atoms with E-state index in [-0.39, 0.29) is 6.42 Å². The monoisotopic (exact) mass is 337 g/mol. The smallest absolute Gasteiger partial charge is 0.322 e. The van der Waals surface area contributed by atoms with Gasteiger partial charge in [-0.3, -0.25) is 0 Å². The van der Waals surface area contributed by atoms with Gasteiger partial charge in [-0.25, -0.2) is 13.6 Å². The van der Waals surface area contributed by atoms with Crippen LogP contribution in [0.3, 0.4) is 0 Å². The number of nitrogen functional groups attached to an aromatic ring is 1. The molecule has 4 nitrogen and oxygen atoms in total. The molecular weight excluding hydrogens is 320 g/mol. The Morgan fingerprint density at radius 3 is 2.87 bits per heavy atom. The molecule has 1 fully saturated rings. The van der Waals surface area contributed by atoms with E-state index in [9.17, 15) is 13.6 Å². The number of urea groups is 1. The Kier molecular flexibility index (Phi) is 4.21. The second-order valence-corrected chi connectivity index (χ2v) is 6.54. The van der Waals surface area contributed by atoms with Crippen LogP contribution in [0.1, 0.15) is 12.8 Å². The third kappa shape index (κ3) is 3.61. The van der Waals surface area contributed by atoms with Crippen LogP contribution in [0, 0.1) is 0 Å². The van der Waals surface area contributed by atoms with Gasteiger partial charge in [0.25, 0.3) is 5.92 Å². The highest BCUT2D eigenvalue weighted by Gasteiger charge is 2.37. The highest BCUT2D eigenvalue weighted by atomic mass is 32.1. The highest BCUT2D eigenvalue weighted by molar-refractivity contribution is 7.13. The molecule has 0 aliphatic carbocycles. The van der Waals surface area contributed by atoms with Crippen LogP contribution in [0.15, 0.2) is 35.7 Å². The summed E-state index contributed by atoms with van der Waals surface area (Å²) in [4.78, 5) is 14.4. The molecule has 1 aliphatic heterocycles. The van der Waals surface area contributed by atoms with Gasteiger partial charge >= 0.3 is 6.03 Å². The third-order valence-corrected chi connectivity index (χ3v) is 4.70. The Labute approximate surface area is 136 Å². The van der Waals surface area contributed by atoms with E-state index in [1.54, 1.807) is 23.5 Å². The molecule has 3 N–H and O–H groups in total. The number of anilines is 2. The lowest BCUT2D eigenvalue weighted by atomic mass is 10.1. The Balaban J connectivity index is 1.77. The second kappa shape index (κ2) is 6.16. The van der Waals surface area contributed by atoms with Gasteiger partial charge in [0.15, 0.2) is 0 Å². The lowest BCUT2D eigenvalue weighted by Crippen LogP contribution is -2.47. The van der Waals surface area contributed by atoms with E-state index in [1.807, 2.05) is 23.6 Å². The maximum Gasteiger partial charge on any atom is 0.322 e. The summed E-state index contributed by atoms with van der Waals surface area (Å²) in [6.07, 6.45) is 0.123. The zero-order valence-electron chi connectivity index (χ0n) is 12.4. The molecule has 1 aromatic heterocycles. The molecule has 1 saturated heterocycles. The van der Waals surface area contributed by atoms with Gasteiger partial charge in [-0.2, -0.15) is 0 Å². The van der Waals surface area contributed by atoms with Gasteiger partial charge in [-0.15, -0.1) is 11.3 Å². The van der Waals surface area contributed by atoms with Crippen molar-refractivity contribution in [2.45, 2.75) is 18.8 Å². The van der Waals surface area contributed by atoms with Crippen LogP contribution in [0.4, 0.5) is 25.0 Å². The van der Waals surface area contributed by atoms with E-state index in [2.05, 4.69) is 5.32 Å². The number of alkyl halides is 2. The maximum absolute atomic E-state index is 13.4. The van der Waals surface area contributed by atoms with Crippen LogP contribution in [0.2, 0.25) is 0 Å². The van der Waals surface area contributed by atoms with Crippen LogP contribution in [-0.4, -0.2) is 29.9 Å². The van der Waals surface area contributed by atoms with E-state index < -0.39 is 18.5 Å². The molecule has 0 bridgehead atoms. The molecule has 1 aliphatic rings. The Morgan fingerprint density at radius 2 is 2.17 bits per heavy atom. The average Bonchev–Trinajstić information content (AvgIpc) is 3.02. The number of likely N-dealkylation sites (tertiary alicyclic amines) is 1. The summed E-state index contributed by atoms with van der Waals surface area (Å²) in [5.74, 6) is -2.82. The van der Waals surface area contributed by atoms with Crippen molar-refractivity contribution < 1.29 is 13.6 Å². The summed E-state index contributed by atoms with van der Waals surface area (Å²) in [6.45, 7) is -0.227. The first-order chi connectivity index (χ1) is 10.9. The van der Waals surface area contributed by atoms with Crippen molar-refractivity contribution in [1.29, 1.82) is 0 Å². The summed E-state index contributed by atoms with van der Waals surface area (Å²) in [5.41, 5.74) is 7.67. The normalized spacial score (nSPS) is 17.0. The van der Waals surface area contributed by atoms with Gasteiger partial charge in [-0.1, -0.05) is 12.1 Å². The van der Waals surface area contributed by atoms with E-state index in [4.69, 9.17) is 5.73 Å². The average molecular weight is 337 g/mol. The molecule has 0 unspecified atom stereocenters. The van der Waals surface area contributed by atoms with Crippen molar-refractivity contribution in [2.75, 3.05) is 24.1 Å². The van der Waals surface area contributed by atoms with Gasteiger partial charge in [0.2, 0.25) is 0 Å². The summed E-state index contributed by atoms with van der Waals surface area (Å²) in [5, 5.41) is 4.61. The molecule has 2 heterocycles. The van der Waals surface area contributed by atoms with E-state index in [1.165, 1.54) is 0 Å². The van der Waals surface area contributed by atoms with Crippen LogP contribution in [-0.2, 0) is 0 Å². The molecule has 7 heteroatoms. The fourth-order valence-corrected chi connectivity index (χ4v) is 3.32. The molecule has 1 aromatic carbocycles. The highest BCUT2D eigenvalue weighted by Crippen LogP contribution is 2.31. The second-order valence-electron chi connectivity index (χ2n) is 5.59. The number of carbonyl (C=O) groups excluding carboxylic acids is 1. The zero-order chi connectivity index (χ0) is 16.4. The minimum atomic E-state index is -2.82. The van der Waals surface area contributed by atoms with Crippen molar-refractivity contribution in [3.8, 4) is 10.4 Å². The van der Waals surface area contributed by atoms with Crippen molar-refractivity contribution in [3.63, 3.8) is 0 Å². The number of hydrogen-bond donors (Lipinski definition) is 2. The number of carbonyl (C=O) groups is 1. The number of nitrogens with two attached hydrogens (primary N) is 1. The van der Waals surface area contributed by atoms with Gasteiger partial charge in [0.05, 0.1) is 17.9 Å². The summed E-state index contributed by atoms with van der Waals surface area (Å²) >= 11 is 1.57. The fourth-order valence-electron chi connectivity index (χ4n) is 2.59. The molecule has 0 saturated carbocycles. The number of nitrogens with one attached hydrogen (secondary N) is 1. The number of amides is 2. The number of hydrogen-bond acceptors (Lipinski definition) is 3. The predicted molar refractivity (Wildman–Crippen MR) is 88.9 cm³/mol. The van der Waals surface area contributed by atoms with Crippen molar-refractivity contribution >= 4 is 28.7 Å². The number of nitrogens with zero attached hydrogens (tertiary/aromatic N) is 1. The standard InChI is InChI=1S/C16H17F2N3OS/c17-16(18)6-2-7-21(10-16)15(22)20-13-9-11(4-5-12(13)19)14-3-1-8-23-14/h1,3-5,8-9H,2,6-7,10,19H2,(H,20,22). The molecule has 0 radical (unpaired) electrons. The van der Waals surface area contributed by atoms with Gasteiger partial charge < -0.3 is 16.0 Å². The van der Waals surface area contributed by atoms with Crippen LogP contribution in [0.25, 0.3) is 10.4 Å². The first-order valence-corrected chi connectivity index (χ1v) is 8.20. The molecule has 122 valence electrons. The third-order valence-electron chi connectivity index (χ3n) is 3.78. The van der Waals surface area contributed by atoms with E-state index >= 15 is 0 Å². The van der Waals surface area contributed by atoms with Gasteiger partial charge in [0.1, 0.15) is 0 Å². The molecule has 2 aromatic rings. The van der Waals surface area contributed by atoms with Crippen molar-refractivity contribution in [2.24, 2.45) is 0 Å². The van der Waals surface area contributed by atoms with Gasteiger partial charge in [0, 0.05) is 17.8 Å². The van der Waals surface area contributed by atoms with E-state index in [0.29, 0.717) is 24.3 Å². The Morgan fingerprint density at radius 1 is 1.35 bits per heavy atom. The molecule has 0 spiro atoms. The topological polar surface area (TPSA) is 58.4 Å². The molecular formula is C16H17F2N3OS.